The molecule has 0 radical (unpaired) electrons. The molecule has 0 N–H and O–H groups in total. The number of carbonyl (C=O) groups excluding carboxylic acids is 1. The number of carbonyl (C=O) groups is 1. The molecule has 2 aliphatic heterocycles. The number of fused-ring (bicyclic) bond motifs is 5. The van der Waals surface area contributed by atoms with E-state index in [1.165, 1.54) is 0 Å². The summed E-state index contributed by atoms with van der Waals surface area (Å²) in [6, 6.07) is 5.40. The number of imidazole rings is 1. The van der Waals surface area contributed by atoms with Crippen molar-refractivity contribution in [1.82, 2.24) is 24.6 Å². The Morgan fingerprint density at radius 2 is 2.23 bits per heavy atom. The summed E-state index contributed by atoms with van der Waals surface area (Å²) in [5.74, 6) is 0.918. The molecule has 1 fully saturated rings. The van der Waals surface area contributed by atoms with E-state index in [-0.39, 0.29) is 11.9 Å². The lowest BCUT2D eigenvalue weighted by molar-refractivity contribution is 0.0739. The van der Waals surface area contributed by atoms with Crippen molar-refractivity contribution >= 4 is 17.5 Å². The fourth-order valence-electron chi connectivity index (χ4n) is 3.89. The van der Waals surface area contributed by atoms with Gasteiger partial charge in [0.2, 0.25) is 5.89 Å². The lowest BCUT2D eigenvalue weighted by Gasteiger charge is -2.22. The molecule has 1 amide bonds. The number of benzene rings is 1. The van der Waals surface area contributed by atoms with Crippen LogP contribution in [0.25, 0.3) is 17.3 Å². The zero-order chi connectivity index (χ0) is 17.8. The molecule has 1 aromatic carbocycles. The molecule has 5 rings (SSSR count). The Balaban J connectivity index is 1.78. The fraction of sp³-hybridized carbons (Fsp3) is 0.333. The number of aromatic nitrogens is 4. The minimum atomic E-state index is -0.0829. The number of aryl methyl sites for hydroxylation is 1. The van der Waals surface area contributed by atoms with Crippen molar-refractivity contribution in [3.05, 3.63) is 46.7 Å². The first-order valence-corrected chi connectivity index (χ1v) is 9.06. The smallest absolute Gasteiger partial charge is 0.268 e. The van der Waals surface area contributed by atoms with E-state index in [9.17, 15) is 4.79 Å². The highest BCUT2D eigenvalue weighted by molar-refractivity contribution is 6.34. The van der Waals surface area contributed by atoms with E-state index >= 15 is 0 Å². The zero-order valence-corrected chi connectivity index (χ0v) is 14.9. The Morgan fingerprint density at radius 1 is 1.35 bits per heavy atom. The van der Waals surface area contributed by atoms with E-state index in [1.54, 1.807) is 12.4 Å². The summed E-state index contributed by atoms with van der Waals surface area (Å²) in [5.41, 5.74) is 2.79. The predicted molar refractivity (Wildman–Crippen MR) is 94.3 cm³/mol. The van der Waals surface area contributed by atoms with Gasteiger partial charge in [-0.2, -0.15) is 0 Å². The van der Waals surface area contributed by atoms with Crippen LogP contribution < -0.4 is 0 Å². The second-order valence-electron chi connectivity index (χ2n) is 6.49. The number of hydrogen-bond donors (Lipinski definition) is 0. The molecule has 0 saturated carbocycles. The summed E-state index contributed by atoms with van der Waals surface area (Å²) in [7, 11) is 0. The molecule has 0 spiro atoms. The van der Waals surface area contributed by atoms with Crippen LogP contribution in [-0.2, 0) is 6.42 Å². The van der Waals surface area contributed by atoms with Crippen LogP contribution in [0.5, 0.6) is 0 Å². The van der Waals surface area contributed by atoms with Gasteiger partial charge < -0.3 is 9.32 Å². The second-order valence-corrected chi connectivity index (χ2v) is 6.90. The number of nitrogens with zero attached hydrogens (tertiary/aromatic N) is 5. The van der Waals surface area contributed by atoms with E-state index in [0.717, 1.165) is 24.2 Å². The first kappa shape index (κ1) is 15.6. The van der Waals surface area contributed by atoms with Crippen LogP contribution in [0.2, 0.25) is 5.02 Å². The van der Waals surface area contributed by atoms with Gasteiger partial charge in [-0.15, -0.1) is 10.2 Å². The summed E-state index contributed by atoms with van der Waals surface area (Å²) < 4.78 is 7.69. The maximum absolute atomic E-state index is 13.2. The van der Waals surface area contributed by atoms with Crippen molar-refractivity contribution in [2.75, 3.05) is 6.54 Å². The predicted octanol–water partition coefficient (Wildman–Crippen LogP) is 3.43. The van der Waals surface area contributed by atoms with Gasteiger partial charge in [-0.05, 0) is 25.0 Å². The molecule has 132 valence electrons. The Morgan fingerprint density at radius 3 is 3.04 bits per heavy atom. The van der Waals surface area contributed by atoms with Crippen LogP contribution in [0, 0.1) is 0 Å². The Kier molecular flexibility index (Phi) is 3.40. The van der Waals surface area contributed by atoms with Gasteiger partial charge in [0, 0.05) is 13.0 Å². The van der Waals surface area contributed by atoms with Gasteiger partial charge in [0.05, 0.1) is 28.0 Å². The summed E-state index contributed by atoms with van der Waals surface area (Å²) in [5, 5.41) is 8.66. The number of hydrogen-bond acceptors (Lipinski definition) is 5. The Labute approximate surface area is 154 Å². The molecule has 4 heterocycles. The molecule has 0 unspecified atom stereocenters. The third-order valence-electron chi connectivity index (χ3n) is 5.07. The van der Waals surface area contributed by atoms with Crippen LogP contribution >= 0.6 is 11.6 Å². The highest BCUT2D eigenvalue weighted by atomic mass is 35.5. The first-order valence-electron chi connectivity index (χ1n) is 8.69. The lowest BCUT2D eigenvalue weighted by atomic mass is 10.1. The Hall–Kier alpha value is -2.67. The van der Waals surface area contributed by atoms with E-state index in [0.29, 0.717) is 41.0 Å². The van der Waals surface area contributed by atoms with Crippen LogP contribution in [0.1, 0.15) is 47.7 Å². The van der Waals surface area contributed by atoms with E-state index in [4.69, 9.17) is 16.0 Å². The average molecular weight is 370 g/mol. The van der Waals surface area contributed by atoms with Crippen LogP contribution in [0.4, 0.5) is 0 Å². The topological polar surface area (TPSA) is 77.1 Å². The first-order chi connectivity index (χ1) is 12.7. The molecule has 1 saturated heterocycles. The van der Waals surface area contributed by atoms with Gasteiger partial charge in [0.25, 0.3) is 11.8 Å². The molecule has 0 bridgehead atoms. The summed E-state index contributed by atoms with van der Waals surface area (Å²) in [4.78, 5) is 19.6. The average Bonchev–Trinajstić information content (AvgIpc) is 3.37. The number of rotatable bonds is 2. The van der Waals surface area contributed by atoms with Gasteiger partial charge in [0.1, 0.15) is 6.33 Å². The normalized spacial score (nSPS) is 18.5. The van der Waals surface area contributed by atoms with Gasteiger partial charge in [-0.3, -0.25) is 9.36 Å². The molecule has 2 aromatic heterocycles. The third kappa shape index (κ3) is 2.07. The van der Waals surface area contributed by atoms with Gasteiger partial charge in [-0.25, -0.2) is 4.98 Å². The number of halogens is 1. The quantitative estimate of drug-likeness (QED) is 0.691. The minimum absolute atomic E-state index is 0.0393. The van der Waals surface area contributed by atoms with Crippen molar-refractivity contribution in [3.63, 3.8) is 0 Å². The molecule has 1 atom stereocenters. The molecular weight excluding hydrogens is 354 g/mol. The van der Waals surface area contributed by atoms with Crippen LogP contribution in [-0.4, -0.2) is 37.1 Å². The third-order valence-corrected chi connectivity index (χ3v) is 5.39. The van der Waals surface area contributed by atoms with Crippen molar-refractivity contribution in [2.24, 2.45) is 0 Å². The van der Waals surface area contributed by atoms with Crippen molar-refractivity contribution < 1.29 is 9.21 Å². The van der Waals surface area contributed by atoms with Gasteiger partial charge in [-0.1, -0.05) is 24.6 Å². The maximum Gasteiger partial charge on any atom is 0.268 e. The van der Waals surface area contributed by atoms with Crippen molar-refractivity contribution in [1.29, 1.82) is 0 Å². The maximum atomic E-state index is 13.2. The SMILES string of the molecule is CCc1nnc(-c2ncn3c2[C@@H]2CCCN2C(=O)c2c(Cl)cccc2-3)o1. The van der Waals surface area contributed by atoms with E-state index < -0.39 is 0 Å². The van der Waals surface area contributed by atoms with Crippen molar-refractivity contribution in [3.8, 4) is 17.3 Å². The highest BCUT2D eigenvalue weighted by Crippen LogP contribution is 2.43. The largest absolute Gasteiger partial charge is 0.419 e. The van der Waals surface area contributed by atoms with Crippen molar-refractivity contribution in [2.45, 2.75) is 32.2 Å². The Bertz CT molecular complexity index is 1020. The molecule has 8 heteroatoms. The summed E-state index contributed by atoms with van der Waals surface area (Å²) in [6.45, 7) is 2.66. The minimum Gasteiger partial charge on any atom is -0.419 e. The summed E-state index contributed by atoms with van der Waals surface area (Å²) >= 11 is 6.39. The number of amides is 1. The molecule has 7 nitrogen and oxygen atoms in total. The van der Waals surface area contributed by atoms with E-state index in [1.807, 2.05) is 28.5 Å². The molecule has 0 aliphatic carbocycles. The lowest BCUT2D eigenvalue weighted by Crippen LogP contribution is -2.29. The molecule has 2 aliphatic rings. The molecule has 3 aromatic rings. The second kappa shape index (κ2) is 5.67. The van der Waals surface area contributed by atoms with Crippen LogP contribution in [0.3, 0.4) is 0 Å². The van der Waals surface area contributed by atoms with Crippen LogP contribution in [0.15, 0.2) is 28.9 Å². The monoisotopic (exact) mass is 369 g/mol. The highest BCUT2D eigenvalue weighted by Gasteiger charge is 2.40. The fourth-order valence-corrected chi connectivity index (χ4v) is 4.14. The standard InChI is InChI=1S/C18H16ClN5O2/c1-2-13-21-22-17(26-13)15-16-12-7-4-8-23(12)18(25)14-10(19)5-3-6-11(14)24(16)9-20-15/h3,5-6,9,12H,2,4,7-8H2,1H3/t12-/m0/s1. The molecular formula is C18H16ClN5O2. The molecule has 26 heavy (non-hydrogen) atoms. The zero-order valence-electron chi connectivity index (χ0n) is 14.1. The van der Waals surface area contributed by atoms with Gasteiger partial charge in [0.15, 0.2) is 5.69 Å². The summed E-state index contributed by atoms with van der Waals surface area (Å²) in [6.07, 6.45) is 4.18. The van der Waals surface area contributed by atoms with Gasteiger partial charge >= 0.3 is 0 Å². The van der Waals surface area contributed by atoms with E-state index in [2.05, 4.69) is 15.2 Å².